The number of ether oxygens (including phenoxy) is 2. The summed E-state index contributed by atoms with van der Waals surface area (Å²) in [5.74, 6) is -0.390. The van der Waals surface area contributed by atoms with E-state index in [9.17, 15) is 9.59 Å². The van der Waals surface area contributed by atoms with E-state index >= 15 is 0 Å². The molecular formula is C18H17NNaO5. The van der Waals surface area contributed by atoms with Crippen molar-refractivity contribution in [3.8, 4) is 11.5 Å². The van der Waals surface area contributed by atoms with E-state index in [1.807, 2.05) is 0 Å². The number of anilines is 1. The van der Waals surface area contributed by atoms with Crippen LogP contribution in [0.15, 0.2) is 48.5 Å². The van der Waals surface area contributed by atoms with Gasteiger partial charge in [0.05, 0.1) is 25.5 Å². The molecule has 0 spiro atoms. The Morgan fingerprint density at radius 2 is 1.72 bits per heavy atom. The second kappa shape index (κ2) is 9.88. The molecular weight excluding hydrogens is 333 g/mol. The molecule has 25 heavy (non-hydrogen) atoms. The minimum Gasteiger partial charge on any atom is -0.493 e. The van der Waals surface area contributed by atoms with Crippen LogP contribution in [-0.2, 0) is 4.79 Å². The number of methoxy groups -OCH3 is 2. The minimum absolute atomic E-state index is 0. The Kier molecular flexibility index (Phi) is 8.21. The number of amides is 1. The van der Waals surface area contributed by atoms with E-state index < -0.39 is 11.9 Å². The van der Waals surface area contributed by atoms with Gasteiger partial charge in [-0.3, -0.25) is 4.79 Å². The number of benzene rings is 2. The summed E-state index contributed by atoms with van der Waals surface area (Å²) in [5, 5.41) is 11.6. The molecule has 0 heterocycles. The van der Waals surface area contributed by atoms with E-state index in [0.29, 0.717) is 11.5 Å². The van der Waals surface area contributed by atoms with Gasteiger partial charge in [0.2, 0.25) is 5.91 Å². The molecule has 0 atom stereocenters. The van der Waals surface area contributed by atoms with Crippen molar-refractivity contribution in [1.82, 2.24) is 0 Å². The Balaban J connectivity index is 0.00000312. The summed E-state index contributed by atoms with van der Waals surface area (Å²) in [4.78, 5) is 23.1. The van der Waals surface area contributed by atoms with Crippen LogP contribution in [0.1, 0.15) is 15.9 Å². The van der Waals surface area contributed by atoms with Gasteiger partial charge in [-0.1, -0.05) is 18.2 Å². The Labute approximate surface area is 167 Å². The fourth-order valence-electron chi connectivity index (χ4n) is 2.08. The maximum Gasteiger partial charge on any atom is 0.337 e. The van der Waals surface area contributed by atoms with E-state index in [1.54, 1.807) is 43.5 Å². The molecule has 125 valence electrons. The molecule has 6 nitrogen and oxygen atoms in total. The van der Waals surface area contributed by atoms with Gasteiger partial charge < -0.3 is 19.9 Å². The molecule has 0 bridgehead atoms. The molecule has 2 aromatic rings. The predicted molar refractivity (Wildman–Crippen MR) is 96.4 cm³/mol. The van der Waals surface area contributed by atoms with Crippen LogP contribution < -0.4 is 14.8 Å². The molecule has 0 saturated heterocycles. The molecule has 0 aromatic heterocycles. The number of para-hydroxylation sites is 1. The number of hydrogen-bond donors (Lipinski definition) is 2. The minimum atomic E-state index is -1.10. The van der Waals surface area contributed by atoms with Gasteiger partial charge in [-0.2, -0.15) is 0 Å². The van der Waals surface area contributed by atoms with Crippen molar-refractivity contribution in [3.05, 3.63) is 59.7 Å². The molecule has 0 aliphatic rings. The number of aromatic carboxylic acids is 1. The molecule has 0 aliphatic heterocycles. The number of rotatable bonds is 6. The van der Waals surface area contributed by atoms with Gasteiger partial charge in [0.25, 0.3) is 0 Å². The van der Waals surface area contributed by atoms with E-state index in [1.165, 1.54) is 25.3 Å². The summed E-state index contributed by atoms with van der Waals surface area (Å²) >= 11 is 0. The topological polar surface area (TPSA) is 84.9 Å². The van der Waals surface area contributed by atoms with Crippen molar-refractivity contribution in [1.29, 1.82) is 0 Å². The molecule has 0 aliphatic carbocycles. The normalized spacial score (nSPS) is 10.0. The summed E-state index contributed by atoms with van der Waals surface area (Å²) in [6, 6.07) is 11.4. The first-order valence-electron chi connectivity index (χ1n) is 7.08. The van der Waals surface area contributed by atoms with Crippen LogP contribution in [-0.4, -0.2) is 60.8 Å². The Hall–Kier alpha value is -2.28. The van der Waals surface area contributed by atoms with Crippen molar-refractivity contribution >= 4 is 53.2 Å². The van der Waals surface area contributed by atoms with Crippen molar-refractivity contribution in [3.63, 3.8) is 0 Å². The average Bonchev–Trinajstić information content (AvgIpc) is 2.59. The zero-order valence-electron chi connectivity index (χ0n) is 14.3. The van der Waals surface area contributed by atoms with Crippen LogP contribution in [0, 0.1) is 0 Å². The van der Waals surface area contributed by atoms with Crippen molar-refractivity contribution in [2.24, 2.45) is 0 Å². The molecule has 2 rings (SSSR count). The Bertz CT molecular complexity index is 789. The number of carbonyl (C=O) groups is 2. The van der Waals surface area contributed by atoms with Gasteiger partial charge >= 0.3 is 5.97 Å². The molecule has 7 heteroatoms. The number of nitrogens with one attached hydrogen (secondary N) is 1. The SMILES string of the molecule is COc1ccc(C=CC(=O)Nc2ccccc2C(=O)O)cc1OC.[Na]. The van der Waals surface area contributed by atoms with E-state index in [-0.39, 0.29) is 40.8 Å². The number of carboxylic acid groups (broad SMARTS) is 1. The van der Waals surface area contributed by atoms with Crippen LogP contribution in [0.3, 0.4) is 0 Å². The summed E-state index contributed by atoms with van der Waals surface area (Å²) in [6.45, 7) is 0. The summed E-state index contributed by atoms with van der Waals surface area (Å²) in [7, 11) is 3.07. The van der Waals surface area contributed by atoms with Crippen LogP contribution in [0.5, 0.6) is 11.5 Å². The van der Waals surface area contributed by atoms with E-state index in [2.05, 4.69) is 5.32 Å². The van der Waals surface area contributed by atoms with Crippen LogP contribution in [0.2, 0.25) is 0 Å². The molecule has 2 N–H and O–H groups in total. The molecule has 0 fully saturated rings. The zero-order chi connectivity index (χ0) is 17.5. The third-order valence-corrected chi connectivity index (χ3v) is 3.25. The van der Waals surface area contributed by atoms with Gasteiger partial charge in [0, 0.05) is 35.6 Å². The van der Waals surface area contributed by atoms with Crippen molar-refractivity contribution in [2.75, 3.05) is 19.5 Å². The van der Waals surface area contributed by atoms with Gasteiger partial charge in [-0.05, 0) is 35.9 Å². The first-order valence-corrected chi connectivity index (χ1v) is 7.08. The van der Waals surface area contributed by atoms with Gasteiger partial charge in [0.1, 0.15) is 0 Å². The molecule has 2 aromatic carbocycles. The maximum absolute atomic E-state index is 12.0. The van der Waals surface area contributed by atoms with Crippen LogP contribution in [0.25, 0.3) is 6.08 Å². The fourth-order valence-corrected chi connectivity index (χ4v) is 2.08. The van der Waals surface area contributed by atoms with Gasteiger partial charge in [0.15, 0.2) is 11.5 Å². The summed E-state index contributed by atoms with van der Waals surface area (Å²) < 4.78 is 10.3. The number of carbonyl (C=O) groups excluding carboxylic acids is 1. The Morgan fingerprint density at radius 3 is 2.36 bits per heavy atom. The molecule has 0 saturated carbocycles. The largest absolute Gasteiger partial charge is 0.493 e. The van der Waals surface area contributed by atoms with E-state index in [0.717, 1.165) is 5.56 Å². The quantitative estimate of drug-likeness (QED) is 0.618. The standard InChI is InChI=1S/C18H17NO5.Na/c1-23-15-9-7-12(11-16(15)24-2)8-10-17(20)19-14-6-4-3-5-13(14)18(21)22;/h3-11H,1-2H3,(H,19,20)(H,21,22);. The first kappa shape index (κ1) is 20.8. The second-order valence-corrected chi connectivity index (χ2v) is 4.79. The van der Waals surface area contributed by atoms with Gasteiger partial charge in [-0.25, -0.2) is 4.79 Å². The van der Waals surface area contributed by atoms with Gasteiger partial charge in [-0.15, -0.1) is 0 Å². The summed E-state index contributed by atoms with van der Waals surface area (Å²) in [5.41, 5.74) is 1.02. The number of carboxylic acids is 1. The van der Waals surface area contributed by atoms with Crippen LogP contribution >= 0.6 is 0 Å². The van der Waals surface area contributed by atoms with Crippen LogP contribution in [0.4, 0.5) is 5.69 Å². The second-order valence-electron chi connectivity index (χ2n) is 4.79. The van der Waals surface area contributed by atoms with E-state index in [4.69, 9.17) is 14.6 Å². The average molecular weight is 350 g/mol. The number of hydrogen-bond acceptors (Lipinski definition) is 4. The van der Waals surface area contributed by atoms with Crippen molar-refractivity contribution < 1.29 is 24.2 Å². The van der Waals surface area contributed by atoms with Crippen molar-refractivity contribution in [2.45, 2.75) is 0 Å². The third kappa shape index (κ3) is 5.63. The third-order valence-electron chi connectivity index (χ3n) is 3.25. The Morgan fingerprint density at radius 1 is 1.04 bits per heavy atom. The maximum atomic E-state index is 12.0. The molecule has 1 radical (unpaired) electrons. The monoisotopic (exact) mass is 350 g/mol. The zero-order valence-corrected chi connectivity index (χ0v) is 16.3. The first-order chi connectivity index (χ1) is 11.5. The smallest absolute Gasteiger partial charge is 0.337 e. The predicted octanol–water partition coefficient (Wildman–Crippen LogP) is 2.67. The molecule has 0 unspecified atom stereocenters. The fraction of sp³-hybridized carbons (Fsp3) is 0.111. The molecule has 1 amide bonds. The summed E-state index contributed by atoms with van der Waals surface area (Å²) in [6.07, 6.45) is 2.92.